The molecule has 0 spiro atoms. The summed E-state index contributed by atoms with van der Waals surface area (Å²) in [5.41, 5.74) is 7.13. The summed E-state index contributed by atoms with van der Waals surface area (Å²) in [6, 6.07) is 17.1. The molecule has 0 saturated carbocycles. The molecule has 1 N–H and O–H groups in total. The summed E-state index contributed by atoms with van der Waals surface area (Å²) < 4.78 is 24.0. The smallest absolute Gasteiger partial charge is 0.395 e. The molecule has 0 fully saturated rings. The van der Waals surface area contributed by atoms with Crippen LogP contribution in [0.2, 0.25) is 0 Å². The van der Waals surface area contributed by atoms with Crippen LogP contribution in [0, 0.1) is 27.7 Å². The van der Waals surface area contributed by atoms with Gasteiger partial charge in [-0.2, -0.15) is 0 Å². The average Bonchev–Trinajstić information content (AvgIpc) is 2.69. The Morgan fingerprint density at radius 3 is 2.13 bits per heavy atom. The molecule has 30 heavy (non-hydrogen) atoms. The molecule has 0 aliphatic heterocycles. The number of phosphoric ester groups is 1. The molecule has 3 rings (SSSR count). The standard InChI is InChI=1S/C25H27O4P/c1-16(2)21-11-13-22(14-12-21)23-15-10-18(4)20(6)25(23)29-30(26,27)28-24-9-7-8-17(3)19(24)5/h7-15H,1H2,2-6H3,(H,26,27). The average molecular weight is 422 g/mol. The molecule has 0 aliphatic carbocycles. The molecule has 1 unspecified atom stereocenters. The topological polar surface area (TPSA) is 55.8 Å². The highest BCUT2D eigenvalue weighted by Gasteiger charge is 2.29. The van der Waals surface area contributed by atoms with Crippen molar-refractivity contribution in [1.29, 1.82) is 0 Å². The zero-order valence-corrected chi connectivity index (χ0v) is 18.9. The Bertz CT molecular complexity index is 1150. The lowest BCUT2D eigenvalue weighted by molar-refractivity contribution is 0.290. The Morgan fingerprint density at radius 2 is 1.50 bits per heavy atom. The summed E-state index contributed by atoms with van der Waals surface area (Å²) in [4.78, 5) is 10.5. The molecule has 0 radical (unpaired) electrons. The highest BCUT2D eigenvalue weighted by atomic mass is 31.2. The minimum Gasteiger partial charge on any atom is -0.395 e. The van der Waals surface area contributed by atoms with Gasteiger partial charge in [-0.25, -0.2) is 4.57 Å². The number of allylic oxidation sites excluding steroid dienone is 1. The molecule has 3 aromatic carbocycles. The van der Waals surface area contributed by atoms with Crippen molar-refractivity contribution in [3.63, 3.8) is 0 Å². The fraction of sp³-hybridized carbons (Fsp3) is 0.200. The number of hydrogen-bond donors (Lipinski definition) is 1. The van der Waals surface area contributed by atoms with Crippen LogP contribution in [0.1, 0.15) is 34.7 Å². The predicted octanol–water partition coefficient (Wildman–Crippen LogP) is 7.18. The zero-order chi connectivity index (χ0) is 22.1. The number of aryl methyl sites for hydroxylation is 2. The van der Waals surface area contributed by atoms with Crippen LogP contribution in [0.15, 0.2) is 61.2 Å². The molecule has 3 aromatic rings. The van der Waals surface area contributed by atoms with Gasteiger partial charge in [0.2, 0.25) is 0 Å². The second-order valence-electron chi connectivity index (χ2n) is 7.59. The molecule has 0 heterocycles. The number of hydrogen-bond acceptors (Lipinski definition) is 3. The van der Waals surface area contributed by atoms with Gasteiger partial charge in [-0.15, -0.1) is 0 Å². The summed E-state index contributed by atoms with van der Waals surface area (Å²) in [6.45, 7) is 13.5. The number of phosphoric acid groups is 1. The third-order valence-electron chi connectivity index (χ3n) is 5.34. The lowest BCUT2D eigenvalue weighted by atomic mass is 9.97. The van der Waals surface area contributed by atoms with Crippen LogP contribution in [0.4, 0.5) is 0 Å². The van der Waals surface area contributed by atoms with Gasteiger partial charge in [-0.05, 0) is 74.1 Å². The monoisotopic (exact) mass is 422 g/mol. The molecule has 0 bridgehead atoms. The van der Waals surface area contributed by atoms with Crippen LogP contribution in [0.5, 0.6) is 11.5 Å². The summed E-state index contributed by atoms with van der Waals surface area (Å²) in [5.74, 6) is 0.674. The fourth-order valence-electron chi connectivity index (χ4n) is 3.15. The van der Waals surface area contributed by atoms with Crippen LogP contribution < -0.4 is 9.05 Å². The predicted molar refractivity (Wildman–Crippen MR) is 123 cm³/mol. The van der Waals surface area contributed by atoms with E-state index in [1.54, 1.807) is 12.1 Å². The Balaban J connectivity index is 2.00. The van der Waals surface area contributed by atoms with Crippen LogP contribution in [0.3, 0.4) is 0 Å². The molecule has 0 aromatic heterocycles. The van der Waals surface area contributed by atoms with E-state index >= 15 is 0 Å². The maximum Gasteiger partial charge on any atom is 0.584 e. The van der Waals surface area contributed by atoms with Crippen molar-refractivity contribution in [2.75, 3.05) is 0 Å². The highest BCUT2D eigenvalue weighted by molar-refractivity contribution is 7.48. The molecular formula is C25H27O4P. The zero-order valence-electron chi connectivity index (χ0n) is 18.0. The van der Waals surface area contributed by atoms with E-state index in [0.29, 0.717) is 11.5 Å². The van der Waals surface area contributed by atoms with Crippen molar-refractivity contribution < 1.29 is 18.5 Å². The summed E-state index contributed by atoms with van der Waals surface area (Å²) >= 11 is 0. The van der Waals surface area contributed by atoms with Crippen molar-refractivity contribution in [3.8, 4) is 22.6 Å². The largest absolute Gasteiger partial charge is 0.584 e. The van der Waals surface area contributed by atoms with E-state index < -0.39 is 7.82 Å². The third kappa shape index (κ3) is 4.67. The molecule has 156 valence electrons. The lowest BCUT2D eigenvalue weighted by Crippen LogP contribution is -2.04. The van der Waals surface area contributed by atoms with Gasteiger partial charge < -0.3 is 9.05 Å². The normalized spacial score (nSPS) is 12.9. The van der Waals surface area contributed by atoms with E-state index in [9.17, 15) is 9.46 Å². The van der Waals surface area contributed by atoms with E-state index in [1.165, 1.54) is 0 Å². The van der Waals surface area contributed by atoms with E-state index in [-0.39, 0.29) is 0 Å². The quantitative estimate of drug-likeness (QED) is 0.428. The minimum atomic E-state index is -4.42. The van der Waals surface area contributed by atoms with Crippen molar-refractivity contribution in [2.24, 2.45) is 0 Å². The Labute approximate surface area is 178 Å². The maximum atomic E-state index is 12.9. The summed E-state index contributed by atoms with van der Waals surface area (Å²) in [5, 5.41) is 0. The Morgan fingerprint density at radius 1 is 0.867 bits per heavy atom. The highest BCUT2D eigenvalue weighted by Crippen LogP contribution is 2.49. The first kappa shape index (κ1) is 21.9. The number of benzene rings is 3. The first-order valence-corrected chi connectivity index (χ1v) is 11.2. The summed E-state index contributed by atoms with van der Waals surface area (Å²) in [6.07, 6.45) is 0. The maximum absolute atomic E-state index is 12.9. The van der Waals surface area contributed by atoms with Gasteiger partial charge in [-0.3, -0.25) is 4.89 Å². The molecule has 4 nitrogen and oxygen atoms in total. The van der Waals surface area contributed by atoms with Gasteiger partial charge in [-0.1, -0.05) is 60.7 Å². The van der Waals surface area contributed by atoms with E-state index in [1.807, 2.05) is 77.1 Å². The van der Waals surface area contributed by atoms with Gasteiger partial charge in [0.1, 0.15) is 11.5 Å². The molecular weight excluding hydrogens is 395 g/mol. The van der Waals surface area contributed by atoms with Gasteiger partial charge in [0.05, 0.1) is 0 Å². The molecule has 0 aliphatic rings. The van der Waals surface area contributed by atoms with Gasteiger partial charge in [0.15, 0.2) is 0 Å². The third-order valence-corrected chi connectivity index (χ3v) is 6.18. The molecule has 0 saturated heterocycles. The second-order valence-corrected chi connectivity index (χ2v) is 8.89. The van der Waals surface area contributed by atoms with Crippen molar-refractivity contribution in [3.05, 3.63) is 89.0 Å². The second kappa shape index (κ2) is 8.51. The van der Waals surface area contributed by atoms with Gasteiger partial charge >= 0.3 is 7.82 Å². The van der Waals surface area contributed by atoms with E-state index in [0.717, 1.165) is 44.5 Å². The van der Waals surface area contributed by atoms with Crippen molar-refractivity contribution in [1.82, 2.24) is 0 Å². The molecule has 0 amide bonds. The minimum absolute atomic E-state index is 0.332. The van der Waals surface area contributed by atoms with E-state index in [4.69, 9.17) is 9.05 Å². The molecule has 5 heteroatoms. The fourth-order valence-corrected chi connectivity index (χ4v) is 4.10. The van der Waals surface area contributed by atoms with Crippen LogP contribution in [-0.2, 0) is 4.57 Å². The van der Waals surface area contributed by atoms with Crippen LogP contribution >= 0.6 is 7.82 Å². The van der Waals surface area contributed by atoms with Crippen molar-refractivity contribution in [2.45, 2.75) is 34.6 Å². The van der Waals surface area contributed by atoms with Crippen LogP contribution in [0.25, 0.3) is 16.7 Å². The lowest BCUT2D eigenvalue weighted by Gasteiger charge is -2.20. The van der Waals surface area contributed by atoms with E-state index in [2.05, 4.69) is 6.58 Å². The van der Waals surface area contributed by atoms with Gasteiger partial charge in [0, 0.05) is 5.56 Å². The van der Waals surface area contributed by atoms with Crippen LogP contribution in [-0.4, -0.2) is 4.89 Å². The van der Waals surface area contributed by atoms with Crippen molar-refractivity contribution >= 4 is 13.4 Å². The Hall–Kier alpha value is -2.81. The molecule has 1 atom stereocenters. The first-order chi connectivity index (χ1) is 14.1. The SMILES string of the molecule is C=C(C)c1ccc(-c2ccc(C)c(C)c2OP(=O)(O)Oc2cccc(C)c2C)cc1. The first-order valence-electron chi connectivity index (χ1n) is 9.74. The Kier molecular flexibility index (Phi) is 6.21. The number of rotatable bonds is 6. The summed E-state index contributed by atoms with van der Waals surface area (Å²) in [7, 11) is -4.42. The van der Waals surface area contributed by atoms with Gasteiger partial charge in [0.25, 0.3) is 0 Å².